The van der Waals surface area contributed by atoms with Crippen LogP contribution in [0.3, 0.4) is 0 Å². The first-order valence-electron chi connectivity index (χ1n) is 13.0. The maximum atomic E-state index is 14.5. The van der Waals surface area contributed by atoms with Crippen LogP contribution in [0.1, 0.15) is 30.0 Å². The van der Waals surface area contributed by atoms with Crippen molar-refractivity contribution in [2.75, 3.05) is 6.61 Å². The van der Waals surface area contributed by atoms with Crippen LogP contribution < -0.4 is 4.74 Å². The van der Waals surface area contributed by atoms with Crippen LogP contribution >= 0.6 is 0 Å². The lowest BCUT2D eigenvalue weighted by Gasteiger charge is -2.13. The van der Waals surface area contributed by atoms with Gasteiger partial charge in [-0.2, -0.15) is 0 Å². The standard InChI is InChI=1S/C33H29F2NO3/c1-2-38-33(37)17-16-28-29(34)19-27(20-30(28)35)39-22-24-14-12-23(13-15-24)21-36-31-11-7-6-10-26(31)18-32(36)25-8-4-3-5-9-25/h3-15,18-20H,2,16-17,21-22H2,1H3. The lowest BCUT2D eigenvalue weighted by atomic mass is 10.1. The molecule has 198 valence electrons. The van der Waals surface area contributed by atoms with Crippen molar-refractivity contribution in [3.05, 3.63) is 125 Å². The number of aromatic nitrogens is 1. The van der Waals surface area contributed by atoms with Gasteiger partial charge in [-0.3, -0.25) is 4.79 Å². The summed E-state index contributed by atoms with van der Waals surface area (Å²) in [5, 5.41) is 1.19. The highest BCUT2D eigenvalue weighted by Crippen LogP contribution is 2.29. The number of carbonyl (C=O) groups is 1. The van der Waals surface area contributed by atoms with Gasteiger partial charge in [0, 0.05) is 47.3 Å². The molecule has 0 aliphatic heterocycles. The molecule has 0 saturated heterocycles. The van der Waals surface area contributed by atoms with Crippen molar-refractivity contribution in [1.82, 2.24) is 4.57 Å². The number of esters is 1. The van der Waals surface area contributed by atoms with E-state index in [1.807, 2.05) is 54.6 Å². The van der Waals surface area contributed by atoms with E-state index in [0.717, 1.165) is 34.5 Å². The quantitative estimate of drug-likeness (QED) is 0.175. The Hall–Kier alpha value is -4.45. The molecule has 1 heterocycles. The molecule has 6 heteroatoms. The van der Waals surface area contributed by atoms with Gasteiger partial charge in [0.05, 0.1) is 6.61 Å². The molecule has 5 rings (SSSR count). The second kappa shape index (κ2) is 11.9. The number of nitrogens with zero attached hydrogens (tertiary/aromatic N) is 1. The van der Waals surface area contributed by atoms with Crippen molar-refractivity contribution >= 4 is 16.9 Å². The van der Waals surface area contributed by atoms with Crippen LogP contribution in [0.25, 0.3) is 22.2 Å². The first-order valence-corrected chi connectivity index (χ1v) is 13.0. The van der Waals surface area contributed by atoms with E-state index >= 15 is 0 Å². The Balaban J connectivity index is 1.27. The number of rotatable bonds is 10. The molecule has 0 spiro atoms. The van der Waals surface area contributed by atoms with Crippen molar-refractivity contribution in [1.29, 1.82) is 0 Å². The molecule has 0 N–H and O–H groups in total. The Labute approximate surface area is 226 Å². The predicted octanol–water partition coefficient (Wildman–Crippen LogP) is 7.71. The van der Waals surface area contributed by atoms with Gasteiger partial charge in [-0.25, -0.2) is 8.78 Å². The molecule has 4 aromatic carbocycles. The van der Waals surface area contributed by atoms with Gasteiger partial charge in [0.25, 0.3) is 0 Å². The van der Waals surface area contributed by atoms with Crippen LogP contribution in [0, 0.1) is 11.6 Å². The normalized spacial score (nSPS) is 11.1. The molecule has 0 saturated carbocycles. The third-order valence-electron chi connectivity index (χ3n) is 6.65. The van der Waals surface area contributed by atoms with Crippen molar-refractivity contribution in [2.24, 2.45) is 0 Å². The van der Waals surface area contributed by atoms with Crippen LogP contribution in [-0.4, -0.2) is 17.1 Å². The van der Waals surface area contributed by atoms with E-state index in [4.69, 9.17) is 9.47 Å². The zero-order valence-electron chi connectivity index (χ0n) is 21.7. The van der Waals surface area contributed by atoms with Gasteiger partial charge < -0.3 is 14.0 Å². The van der Waals surface area contributed by atoms with Gasteiger partial charge in [-0.15, -0.1) is 0 Å². The maximum Gasteiger partial charge on any atom is 0.306 e. The molecule has 0 fully saturated rings. The van der Waals surface area contributed by atoms with E-state index < -0.39 is 17.6 Å². The summed E-state index contributed by atoms with van der Waals surface area (Å²) in [5.74, 6) is -1.86. The molecule has 0 unspecified atom stereocenters. The summed E-state index contributed by atoms with van der Waals surface area (Å²) in [7, 11) is 0. The lowest BCUT2D eigenvalue weighted by Crippen LogP contribution is -2.07. The number of para-hydroxylation sites is 1. The predicted molar refractivity (Wildman–Crippen MR) is 149 cm³/mol. The monoisotopic (exact) mass is 525 g/mol. The highest BCUT2D eigenvalue weighted by atomic mass is 19.1. The van der Waals surface area contributed by atoms with Gasteiger partial charge >= 0.3 is 5.97 Å². The summed E-state index contributed by atoms with van der Waals surface area (Å²) >= 11 is 0. The van der Waals surface area contributed by atoms with Crippen LogP contribution in [0.2, 0.25) is 0 Å². The minimum Gasteiger partial charge on any atom is -0.489 e. The minimum absolute atomic E-state index is 0.0685. The van der Waals surface area contributed by atoms with E-state index in [-0.39, 0.29) is 37.4 Å². The highest BCUT2D eigenvalue weighted by molar-refractivity contribution is 5.87. The summed E-state index contributed by atoms with van der Waals surface area (Å²) in [6.07, 6.45) is -0.152. The molecule has 0 amide bonds. The average Bonchev–Trinajstić information content (AvgIpc) is 3.31. The number of halogens is 2. The fourth-order valence-electron chi connectivity index (χ4n) is 4.68. The first kappa shape index (κ1) is 26.2. The average molecular weight is 526 g/mol. The van der Waals surface area contributed by atoms with Gasteiger partial charge in [-0.05, 0) is 42.2 Å². The maximum absolute atomic E-state index is 14.5. The topological polar surface area (TPSA) is 40.5 Å². The molecule has 0 aliphatic rings. The third-order valence-corrected chi connectivity index (χ3v) is 6.65. The van der Waals surface area contributed by atoms with Gasteiger partial charge in [0.2, 0.25) is 0 Å². The second-order valence-electron chi connectivity index (χ2n) is 9.32. The summed E-state index contributed by atoms with van der Waals surface area (Å²) < 4.78 is 41.8. The van der Waals surface area contributed by atoms with Gasteiger partial charge in [-0.1, -0.05) is 72.8 Å². The minimum atomic E-state index is -0.738. The molecule has 39 heavy (non-hydrogen) atoms. The third kappa shape index (κ3) is 6.17. The Morgan fingerprint density at radius 2 is 1.49 bits per heavy atom. The number of ether oxygens (including phenoxy) is 2. The summed E-state index contributed by atoms with van der Waals surface area (Å²) in [6.45, 7) is 2.78. The first-order chi connectivity index (χ1) is 19.0. The van der Waals surface area contributed by atoms with Crippen molar-refractivity contribution in [2.45, 2.75) is 32.9 Å². The molecule has 1 aromatic heterocycles. The van der Waals surface area contributed by atoms with E-state index in [0.29, 0.717) is 6.54 Å². The molecule has 5 aromatic rings. The largest absolute Gasteiger partial charge is 0.489 e. The number of fused-ring (bicyclic) bond motifs is 1. The second-order valence-corrected chi connectivity index (χ2v) is 9.32. The lowest BCUT2D eigenvalue weighted by molar-refractivity contribution is -0.143. The number of carbonyl (C=O) groups excluding carboxylic acids is 1. The van der Waals surface area contributed by atoms with Crippen LogP contribution in [0.4, 0.5) is 8.78 Å². The zero-order valence-corrected chi connectivity index (χ0v) is 21.7. The van der Waals surface area contributed by atoms with Crippen molar-refractivity contribution in [3.8, 4) is 17.0 Å². The number of hydrogen-bond donors (Lipinski definition) is 0. The van der Waals surface area contributed by atoms with Gasteiger partial charge in [0.1, 0.15) is 24.0 Å². The number of hydrogen-bond acceptors (Lipinski definition) is 3. The molecular formula is C33H29F2NO3. The van der Waals surface area contributed by atoms with Crippen LogP contribution in [0.15, 0.2) is 97.1 Å². The van der Waals surface area contributed by atoms with E-state index in [9.17, 15) is 13.6 Å². The summed E-state index contributed by atoms with van der Waals surface area (Å²) in [6, 6.07) is 31.2. The van der Waals surface area contributed by atoms with E-state index in [1.54, 1.807) is 6.92 Å². The Morgan fingerprint density at radius 1 is 0.821 bits per heavy atom. The van der Waals surface area contributed by atoms with Crippen molar-refractivity contribution < 1.29 is 23.0 Å². The smallest absolute Gasteiger partial charge is 0.306 e. The Kier molecular flexibility index (Phi) is 8.02. The molecule has 0 radical (unpaired) electrons. The van der Waals surface area contributed by atoms with E-state index in [1.165, 1.54) is 10.9 Å². The summed E-state index contributed by atoms with van der Waals surface area (Å²) in [5.41, 5.74) is 5.33. The molecule has 0 bridgehead atoms. The highest BCUT2D eigenvalue weighted by Gasteiger charge is 2.15. The molecule has 0 aliphatic carbocycles. The number of benzene rings is 4. The SMILES string of the molecule is CCOC(=O)CCc1c(F)cc(OCc2ccc(Cn3c(-c4ccccc4)cc4ccccc43)cc2)cc1F. The molecular weight excluding hydrogens is 496 g/mol. The zero-order chi connectivity index (χ0) is 27.2. The fraction of sp³-hybridized carbons (Fsp3) is 0.182. The van der Waals surface area contributed by atoms with Crippen molar-refractivity contribution in [3.63, 3.8) is 0 Å². The van der Waals surface area contributed by atoms with Crippen LogP contribution in [0.5, 0.6) is 5.75 Å². The van der Waals surface area contributed by atoms with E-state index in [2.05, 4.69) is 34.9 Å². The summed E-state index contributed by atoms with van der Waals surface area (Å²) in [4.78, 5) is 11.5. The Bertz CT molecular complexity index is 1550. The Morgan fingerprint density at radius 3 is 2.21 bits per heavy atom. The molecule has 0 atom stereocenters. The van der Waals surface area contributed by atoms with Gasteiger partial charge in [0.15, 0.2) is 0 Å². The van der Waals surface area contributed by atoms with Crippen LogP contribution in [-0.2, 0) is 29.1 Å². The fourth-order valence-corrected chi connectivity index (χ4v) is 4.68. The molecule has 4 nitrogen and oxygen atoms in total.